The van der Waals surface area contributed by atoms with Gasteiger partial charge in [-0.25, -0.2) is 0 Å². The van der Waals surface area contributed by atoms with E-state index in [-0.39, 0.29) is 18.1 Å². The largest absolute Gasteiger partial charge is 0.485 e. The van der Waals surface area contributed by atoms with E-state index < -0.39 is 0 Å². The minimum Gasteiger partial charge on any atom is -0.485 e. The number of rotatable bonds is 10. The lowest BCUT2D eigenvalue weighted by Gasteiger charge is -2.41. The van der Waals surface area contributed by atoms with Crippen LogP contribution in [-0.2, 0) is 12.0 Å². The van der Waals surface area contributed by atoms with Gasteiger partial charge in [0, 0.05) is 28.8 Å². The van der Waals surface area contributed by atoms with Crippen molar-refractivity contribution >= 4 is 11.3 Å². The van der Waals surface area contributed by atoms with Gasteiger partial charge in [0.15, 0.2) is 0 Å². The summed E-state index contributed by atoms with van der Waals surface area (Å²) in [7, 11) is 1.98. The van der Waals surface area contributed by atoms with Crippen molar-refractivity contribution in [1.29, 1.82) is 0 Å². The van der Waals surface area contributed by atoms with E-state index in [2.05, 4.69) is 76.3 Å². The van der Waals surface area contributed by atoms with Crippen molar-refractivity contribution in [3.05, 3.63) is 88.1 Å². The van der Waals surface area contributed by atoms with Crippen LogP contribution in [0.3, 0.4) is 0 Å². The highest BCUT2D eigenvalue weighted by atomic mass is 32.1. The zero-order valence-corrected chi connectivity index (χ0v) is 19.7. The van der Waals surface area contributed by atoms with Crippen molar-refractivity contribution in [3.8, 4) is 5.75 Å². The number of hydrogen-bond donors (Lipinski definition) is 2. The fraction of sp³-hybridized carbons (Fsp3) is 0.407. The summed E-state index contributed by atoms with van der Waals surface area (Å²) < 4.78 is 6.57. The van der Waals surface area contributed by atoms with Gasteiger partial charge < -0.3 is 15.2 Å². The molecule has 2 N–H and O–H groups in total. The quantitative estimate of drug-likeness (QED) is 0.456. The van der Waals surface area contributed by atoms with Crippen molar-refractivity contribution in [2.45, 2.75) is 37.3 Å². The molecule has 0 bridgehead atoms. The molecule has 1 aromatic heterocycles. The van der Waals surface area contributed by atoms with Gasteiger partial charge in [0.25, 0.3) is 0 Å². The van der Waals surface area contributed by atoms with Crippen molar-refractivity contribution in [2.24, 2.45) is 0 Å². The van der Waals surface area contributed by atoms with E-state index in [1.165, 1.54) is 16.0 Å². The summed E-state index contributed by atoms with van der Waals surface area (Å²) in [6.45, 7) is 3.93. The summed E-state index contributed by atoms with van der Waals surface area (Å²) in [5.74, 6) is 0.976. The fourth-order valence-corrected chi connectivity index (χ4v) is 5.41. The Morgan fingerprint density at radius 2 is 1.78 bits per heavy atom. The number of hydrogen-bond acceptors (Lipinski definition) is 5. The van der Waals surface area contributed by atoms with Gasteiger partial charge in [0.05, 0.1) is 6.61 Å². The third-order valence-corrected chi connectivity index (χ3v) is 7.62. The van der Waals surface area contributed by atoms with Crippen LogP contribution in [0.5, 0.6) is 5.75 Å². The number of nitrogens with zero attached hydrogens (tertiary/aromatic N) is 1. The van der Waals surface area contributed by atoms with Crippen LogP contribution in [0.15, 0.2) is 72.1 Å². The van der Waals surface area contributed by atoms with Crippen molar-refractivity contribution < 1.29 is 9.84 Å². The van der Waals surface area contributed by atoms with Crippen LogP contribution in [0.1, 0.15) is 41.4 Å². The first-order chi connectivity index (χ1) is 15.7. The molecule has 4 rings (SSSR count). The highest BCUT2D eigenvalue weighted by molar-refractivity contribution is 7.10. The molecule has 0 aliphatic carbocycles. The monoisotopic (exact) mass is 450 g/mol. The number of nitrogens with one attached hydrogen (secondary N) is 1. The summed E-state index contributed by atoms with van der Waals surface area (Å²) in [6, 6.07) is 23.2. The molecule has 5 heteroatoms. The van der Waals surface area contributed by atoms with Crippen LogP contribution < -0.4 is 10.1 Å². The van der Waals surface area contributed by atoms with E-state index in [0.717, 1.165) is 51.2 Å². The minimum absolute atomic E-state index is 0.0603. The molecule has 1 atom stereocenters. The summed E-state index contributed by atoms with van der Waals surface area (Å²) in [5.41, 5.74) is 2.37. The zero-order valence-electron chi connectivity index (χ0n) is 18.9. The van der Waals surface area contributed by atoms with Gasteiger partial charge in [-0.3, -0.25) is 4.90 Å². The number of para-hydroxylation sites is 1. The van der Waals surface area contributed by atoms with Crippen LogP contribution in [0.25, 0.3) is 0 Å². The standard InChI is InChI=1S/C27H34N2O2S/c1-28-16-13-25(26-12-7-19-32-26)31-24-11-6-5-8-22(24)20-29-17-14-27(21-30,15-18-29)23-9-3-2-4-10-23/h2-12,19,25,28,30H,13-18,20-21H2,1H3. The van der Waals surface area contributed by atoms with Crippen LogP contribution in [0.4, 0.5) is 0 Å². The maximum atomic E-state index is 10.2. The Balaban J connectivity index is 1.43. The molecule has 0 amide bonds. The Morgan fingerprint density at radius 1 is 1.03 bits per heavy atom. The van der Waals surface area contributed by atoms with Gasteiger partial charge in [-0.05, 0) is 62.6 Å². The number of ether oxygens (including phenoxy) is 1. The van der Waals surface area contributed by atoms with Gasteiger partial charge in [-0.1, -0.05) is 54.6 Å². The maximum absolute atomic E-state index is 10.2. The summed E-state index contributed by atoms with van der Waals surface area (Å²) in [6.07, 6.45) is 2.93. The average Bonchev–Trinajstić information content (AvgIpc) is 3.39. The Bertz CT molecular complexity index is 937. The third kappa shape index (κ3) is 5.41. The lowest BCUT2D eigenvalue weighted by molar-refractivity contribution is 0.0961. The van der Waals surface area contributed by atoms with E-state index in [1.54, 1.807) is 11.3 Å². The first-order valence-electron chi connectivity index (χ1n) is 11.6. The Labute approximate surface area is 195 Å². The number of benzene rings is 2. The van der Waals surface area contributed by atoms with Gasteiger partial charge in [0.2, 0.25) is 0 Å². The topological polar surface area (TPSA) is 44.7 Å². The Morgan fingerprint density at radius 3 is 2.47 bits per heavy atom. The molecular weight excluding hydrogens is 416 g/mol. The molecule has 1 aliphatic heterocycles. The molecule has 0 spiro atoms. The number of thiophene rings is 1. The molecule has 0 radical (unpaired) electrons. The maximum Gasteiger partial charge on any atom is 0.134 e. The minimum atomic E-state index is -0.120. The van der Waals surface area contributed by atoms with E-state index in [1.807, 2.05) is 13.1 Å². The van der Waals surface area contributed by atoms with Gasteiger partial charge in [-0.2, -0.15) is 0 Å². The van der Waals surface area contributed by atoms with Crippen molar-refractivity contribution in [3.63, 3.8) is 0 Å². The van der Waals surface area contributed by atoms with Crippen molar-refractivity contribution in [1.82, 2.24) is 10.2 Å². The van der Waals surface area contributed by atoms with E-state index >= 15 is 0 Å². The molecule has 1 fully saturated rings. The lowest BCUT2D eigenvalue weighted by atomic mass is 9.73. The molecule has 170 valence electrons. The normalized spacial score (nSPS) is 17.2. The molecule has 3 aromatic rings. The van der Waals surface area contributed by atoms with Crippen LogP contribution in [0.2, 0.25) is 0 Å². The van der Waals surface area contributed by atoms with Crippen LogP contribution in [-0.4, -0.2) is 43.3 Å². The first-order valence-corrected chi connectivity index (χ1v) is 12.4. The second kappa shape index (κ2) is 11.1. The van der Waals surface area contributed by atoms with Gasteiger partial charge in [0.1, 0.15) is 11.9 Å². The molecule has 2 heterocycles. The SMILES string of the molecule is CNCCC(Oc1ccccc1CN1CCC(CO)(c2ccccc2)CC1)c1cccs1. The predicted molar refractivity (Wildman–Crippen MR) is 132 cm³/mol. The Hall–Kier alpha value is -2.18. The van der Waals surface area contributed by atoms with Gasteiger partial charge >= 0.3 is 0 Å². The van der Waals surface area contributed by atoms with Crippen LogP contribution >= 0.6 is 11.3 Å². The summed E-state index contributed by atoms with van der Waals surface area (Å²) in [5, 5.41) is 15.6. The summed E-state index contributed by atoms with van der Waals surface area (Å²) >= 11 is 1.76. The van der Waals surface area contributed by atoms with E-state index in [9.17, 15) is 5.11 Å². The number of likely N-dealkylation sites (tertiary alicyclic amines) is 1. The smallest absolute Gasteiger partial charge is 0.134 e. The molecule has 4 nitrogen and oxygen atoms in total. The molecule has 2 aromatic carbocycles. The molecule has 1 unspecified atom stereocenters. The first kappa shape index (κ1) is 23.0. The van der Waals surface area contributed by atoms with E-state index in [4.69, 9.17) is 4.74 Å². The van der Waals surface area contributed by atoms with Crippen molar-refractivity contribution in [2.75, 3.05) is 33.3 Å². The Kier molecular flexibility index (Phi) is 7.98. The fourth-order valence-electron chi connectivity index (χ4n) is 4.62. The van der Waals surface area contributed by atoms with Gasteiger partial charge in [-0.15, -0.1) is 11.3 Å². The number of piperidine rings is 1. The average molecular weight is 451 g/mol. The predicted octanol–water partition coefficient (Wildman–Crippen LogP) is 5.00. The lowest BCUT2D eigenvalue weighted by Crippen LogP contribution is -2.44. The second-order valence-corrected chi connectivity index (χ2v) is 9.68. The molecule has 1 saturated heterocycles. The molecule has 0 saturated carbocycles. The van der Waals surface area contributed by atoms with E-state index in [0.29, 0.717) is 0 Å². The summed E-state index contributed by atoms with van der Waals surface area (Å²) in [4.78, 5) is 3.76. The zero-order chi connectivity index (χ0) is 22.2. The molecule has 1 aliphatic rings. The highest BCUT2D eigenvalue weighted by Gasteiger charge is 2.35. The highest BCUT2D eigenvalue weighted by Crippen LogP contribution is 2.36. The van der Waals surface area contributed by atoms with Crippen LogP contribution in [0, 0.1) is 0 Å². The number of aliphatic hydroxyl groups is 1. The molecule has 32 heavy (non-hydrogen) atoms. The molecular formula is C27H34N2O2S. The second-order valence-electron chi connectivity index (χ2n) is 8.70. The third-order valence-electron chi connectivity index (χ3n) is 6.65. The number of aliphatic hydroxyl groups excluding tert-OH is 1.